The van der Waals surface area contributed by atoms with E-state index in [0.717, 1.165) is 5.56 Å². The molecule has 0 saturated carbocycles. The lowest BCUT2D eigenvalue weighted by Gasteiger charge is -2.24. The van der Waals surface area contributed by atoms with Crippen LogP contribution in [0.3, 0.4) is 0 Å². The van der Waals surface area contributed by atoms with Crippen molar-refractivity contribution in [1.82, 2.24) is 9.78 Å². The molecule has 1 aromatic heterocycles. The van der Waals surface area contributed by atoms with Gasteiger partial charge in [0.05, 0.1) is 26.8 Å². The van der Waals surface area contributed by atoms with Crippen LogP contribution in [0.4, 0.5) is 11.5 Å². The molecule has 1 aliphatic rings. The average Bonchev–Trinajstić information content (AvgIpc) is 3.17. The summed E-state index contributed by atoms with van der Waals surface area (Å²) >= 11 is 5.96. The van der Waals surface area contributed by atoms with Crippen LogP contribution >= 0.6 is 11.6 Å². The number of amides is 2. The normalized spacial score (nSPS) is 15.2. The van der Waals surface area contributed by atoms with E-state index < -0.39 is 6.04 Å². The van der Waals surface area contributed by atoms with Crippen LogP contribution in [0.1, 0.15) is 12.5 Å². The van der Waals surface area contributed by atoms with E-state index in [2.05, 4.69) is 15.7 Å². The molecule has 1 aliphatic heterocycles. The van der Waals surface area contributed by atoms with E-state index in [1.807, 2.05) is 12.1 Å². The Hall–Kier alpha value is -3.52. The van der Waals surface area contributed by atoms with Crippen LogP contribution in [0, 0.1) is 0 Å². The number of halogens is 1. The van der Waals surface area contributed by atoms with Gasteiger partial charge in [-0.25, -0.2) is 4.68 Å². The monoisotopic (exact) mass is 426 g/mol. The molecular formula is C21H19ClN4O4. The van der Waals surface area contributed by atoms with E-state index in [9.17, 15) is 9.59 Å². The number of ether oxygens (including phenoxy) is 2. The SMILES string of the molecule is COc1ccc(NC(=O)[C@@H]2CC(=O)Nc3c(-c4ccc(Cl)cc4)cnn32)cc1OC. The lowest BCUT2D eigenvalue weighted by atomic mass is 10.1. The number of benzene rings is 2. The Morgan fingerprint density at radius 3 is 2.60 bits per heavy atom. The average molecular weight is 427 g/mol. The van der Waals surface area contributed by atoms with Gasteiger partial charge in [-0.2, -0.15) is 5.10 Å². The number of fused-ring (bicyclic) bond motifs is 1. The van der Waals surface area contributed by atoms with E-state index in [1.54, 1.807) is 36.5 Å². The van der Waals surface area contributed by atoms with Crippen LogP contribution in [0.15, 0.2) is 48.7 Å². The molecular weight excluding hydrogens is 408 g/mol. The van der Waals surface area contributed by atoms with Gasteiger partial charge in [0.2, 0.25) is 11.8 Å². The summed E-state index contributed by atoms with van der Waals surface area (Å²) in [6.45, 7) is 0. The van der Waals surface area contributed by atoms with Crippen molar-refractivity contribution in [2.45, 2.75) is 12.5 Å². The largest absolute Gasteiger partial charge is 0.493 e. The summed E-state index contributed by atoms with van der Waals surface area (Å²) in [6.07, 6.45) is 1.61. The van der Waals surface area contributed by atoms with Gasteiger partial charge in [-0.15, -0.1) is 0 Å². The van der Waals surface area contributed by atoms with Gasteiger partial charge < -0.3 is 20.1 Å². The highest BCUT2D eigenvalue weighted by molar-refractivity contribution is 6.30. The molecule has 0 bridgehead atoms. The summed E-state index contributed by atoms with van der Waals surface area (Å²) in [5.74, 6) is 0.895. The number of aromatic nitrogens is 2. The minimum Gasteiger partial charge on any atom is -0.493 e. The van der Waals surface area contributed by atoms with Crippen molar-refractivity contribution in [1.29, 1.82) is 0 Å². The minimum atomic E-state index is -0.789. The summed E-state index contributed by atoms with van der Waals surface area (Å²) in [7, 11) is 3.05. The van der Waals surface area contributed by atoms with Crippen LogP contribution in [-0.4, -0.2) is 35.8 Å². The number of hydrogen-bond donors (Lipinski definition) is 2. The Morgan fingerprint density at radius 2 is 1.90 bits per heavy atom. The standard InChI is InChI=1S/C21H19ClN4O4/c1-29-17-8-7-14(9-18(17)30-2)24-21(28)16-10-19(27)25-20-15(11-23-26(16)20)12-3-5-13(22)6-4-12/h3-9,11,16H,10H2,1-2H3,(H,24,28)(H,25,27)/t16-/m0/s1. The lowest BCUT2D eigenvalue weighted by molar-refractivity contribution is -0.125. The molecule has 0 spiro atoms. The number of rotatable bonds is 5. The van der Waals surface area contributed by atoms with Gasteiger partial charge in [-0.3, -0.25) is 9.59 Å². The maximum absolute atomic E-state index is 13.0. The highest BCUT2D eigenvalue weighted by Gasteiger charge is 2.33. The van der Waals surface area contributed by atoms with Gasteiger partial charge in [0, 0.05) is 22.3 Å². The van der Waals surface area contributed by atoms with Crippen molar-refractivity contribution in [2.24, 2.45) is 0 Å². The molecule has 2 amide bonds. The molecule has 2 aromatic carbocycles. The fraction of sp³-hybridized carbons (Fsp3) is 0.190. The summed E-state index contributed by atoms with van der Waals surface area (Å²) in [6, 6.07) is 11.4. The first-order valence-electron chi connectivity index (χ1n) is 9.16. The molecule has 4 rings (SSSR count). The Kier molecular flexibility index (Phi) is 5.33. The van der Waals surface area contributed by atoms with Gasteiger partial charge in [0.25, 0.3) is 0 Å². The quantitative estimate of drug-likeness (QED) is 0.648. The molecule has 2 heterocycles. The van der Waals surface area contributed by atoms with Crippen LogP contribution in [0.25, 0.3) is 11.1 Å². The Bertz CT molecular complexity index is 1110. The molecule has 8 nitrogen and oxygen atoms in total. The lowest BCUT2D eigenvalue weighted by Crippen LogP contribution is -2.35. The van der Waals surface area contributed by atoms with Crippen LogP contribution in [0.2, 0.25) is 5.02 Å². The zero-order valence-electron chi connectivity index (χ0n) is 16.3. The molecule has 2 N–H and O–H groups in total. The van der Waals surface area contributed by atoms with Crippen LogP contribution in [-0.2, 0) is 9.59 Å². The Balaban J connectivity index is 1.62. The van der Waals surface area contributed by atoms with Gasteiger partial charge in [-0.05, 0) is 29.8 Å². The fourth-order valence-corrected chi connectivity index (χ4v) is 3.48. The second kappa shape index (κ2) is 8.08. The van der Waals surface area contributed by atoms with E-state index in [0.29, 0.717) is 33.6 Å². The zero-order valence-corrected chi connectivity index (χ0v) is 17.1. The number of nitrogens with zero attached hydrogens (tertiary/aromatic N) is 2. The zero-order chi connectivity index (χ0) is 21.3. The van der Waals surface area contributed by atoms with Crippen molar-refractivity contribution in [3.05, 3.63) is 53.7 Å². The number of nitrogens with one attached hydrogen (secondary N) is 2. The maximum Gasteiger partial charge on any atom is 0.249 e. The summed E-state index contributed by atoms with van der Waals surface area (Å²) in [4.78, 5) is 25.3. The van der Waals surface area contributed by atoms with Crippen molar-refractivity contribution in [3.63, 3.8) is 0 Å². The van der Waals surface area contributed by atoms with Crippen molar-refractivity contribution in [2.75, 3.05) is 24.9 Å². The number of carbonyl (C=O) groups is 2. The summed E-state index contributed by atoms with van der Waals surface area (Å²) < 4.78 is 12.0. The predicted octanol–water partition coefficient (Wildman–Crippen LogP) is 3.74. The third kappa shape index (κ3) is 3.69. The smallest absolute Gasteiger partial charge is 0.249 e. The predicted molar refractivity (Wildman–Crippen MR) is 113 cm³/mol. The third-order valence-corrected chi connectivity index (χ3v) is 5.09. The molecule has 0 unspecified atom stereocenters. The number of hydrogen-bond acceptors (Lipinski definition) is 5. The van der Waals surface area contributed by atoms with E-state index >= 15 is 0 Å². The highest BCUT2D eigenvalue weighted by Crippen LogP contribution is 2.35. The van der Waals surface area contributed by atoms with Crippen LogP contribution < -0.4 is 20.1 Å². The molecule has 30 heavy (non-hydrogen) atoms. The Morgan fingerprint density at radius 1 is 1.17 bits per heavy atom. The van der Waals surface area contributed by atoms with E-state index in [4.69, 9.17) is 21.1 Å². The van der Waals surface area contributed by atoms with Crippen molar-refractivity contribution >= 4 is 34.9 Å². The first-order valence-corrected chi connectivity index (χ1v) is 9.54. The second-order valence-corrected chi connectivity index (χ2v) is 7.12. The Labute approximate surface area is 177 Å². The first-order chi connectivity index (χ1) is 14.5. The molecule has 9 heteroatoms. The second-order valence-electron chi connectivity index (χ2n) is 6.69. The van der Waals surface area contributed by atoms with Crippen molar-refractivity contribution < 1.29 is 19.1 Å². The fourth-order valence-electron chi connectivity index (χ4n) is 3.35. The summed E-state index contributed by atoms with van der Waals surface area (Å²) in [5.41, 5.74) is 2.07. The number of carbonyl (C=O) groups excluding carboxylic acids is 2. The highest BCUT2D eigenvalue weighted by atomic mass is 35.5. The van der Waals surface area contributed by atoms with Gasteiger partial charge in [-0.1, -0.05) is 23.7 Å². The van der Waals surface area contributed by atoms with Gasteiger partial charge >= 0.3 is 0 Å². The topological polar surface area (TPSA) is 94.5 Å². The molecule has 0 radical (unpaired) electrons. The van der Waals surface area contributed by atoms with Gasteiger partial charge in [0.1, 0.15) is 11.9 Å². The third-order valence-electron chi connectivity index (χ3n) is 4.84. The minimum absolute atomic E-state index is 0.0200. The van der Waals surface area contributed by atoms with Crippen LogP contribution in [0.5, 0.6) is 11.5 Å². The molecule has 1 atom stereocenters. The molecule has 154 valence electrons. The molecule has 0 saturated heterocycles. The molecule has 3 aromatic rings. The van der Waals surface area contributed by atoms with Crippen molar-refractivity contribution in [3.8, 4) is 22.6 Å². The maximum atomic E-state index is 13.0. The number of methoxy groups -OCH3 is 2. The number of anilines is 2. The van der Waals surface area contributed by atoms with E-state index in [1.165, 1.54) is 18.9 Å². The van der Waals surface area contributed by atoms with Gasteiger partial charge in [0.15, 0.2) is 11.5 Å². The summed E-state index contributed by atoms with van der Waals surface area (Å²) in [5, 5.41) is 10.6. The molecule has 0 fully saturated rings. The van der Waals surface area contributed by atoms with E-state index in [-0.39, 0.29) is 18.2 Å². The molecule has 0 aliphatic carbocycles. The first kappa shape index (κ1) is 19.8.